The summed E-state index contributed by atoms with van der Waals surface area (Å²) in [6.45, 7) is 3.76. The highest BCUT2D eigenvalue weighted by Gasteiger charge is 2.24. The summed E-state index contributed by atoms with van der Waals surface area (Å²) >= 11 is 0. The van der Waals surface area contributed by atoms with Gasteiger partial charge in [0.15, 0.2) is 0 Å². The summed E-state index contributed by atoms with van der Waals surface area (Å²) in [7, 11) is 1.50. The zero-order valence-corrected chi connectivity index (χ0v) is 12.6. The van der Waals surface area contributed by atoms with E-state index in [-0.39, 0.29) is 0 Å². The molecule has 21 heavy (non-hydrogen) atoms. The van der Waals surface area contributed by atoms with Crippen LogP contribution in [0.4, 0.5) is 5.69 Å². The number of rotatable bonds is 2. The third-order valence-corrected chi connectivity index (χ3v) is 3.80. The third-order valence-electron chi connectivity index (χ3n) is 3.80. The van der Waals surface area contributed by atoms with Crippen molar-refractivity contribution in [1.29, 1.82) is 0 Å². The van der Waals surface area contributed by atoms with Gasteiger partial charge < -0.3 is 15.4 Å². The van der Waals surface area contributed by atoms with Crippen LogP contribution in [0.2, 0.25) is 0 Å². The predicted molar refractivity (Wildman–Crippen MR) is 88.2 cm³/mol. The van der Waals surface area contributed by atoms with Crippen LogP contribution in [0.5, 0.6) is 0 Å². The fourth-order valence-corrected chi connectivity index (χ4v) is 2.51. The van der Waals surface area contributed by atoms with Crippen molar-refractivity contribution in [2.45, 2.75) is 6.92 Å². The first kappa shape index (κ1) is 15.3. The van der Waals surface area contributed by atoms with Crippen LogP contribution in [0.25, 0.3) is 0 Å². The topological polar surface area (TPSA) is 46.3 Å². The molecule has 0 unspecified atom stereocenters. The number of nitrogens with zero attached hydrogens (tertiary/aromatic N) is 1. The minimum atomic E-state index is -0.456. The Kier molecular flexibility index (Phi) is 4.76. The zero-order chi connectivity index (χ0) is 15.3. The quantitative estimate of drug-likeness (QED) is 0.848. The van der Waals surface area contributed by atoms with E-state index in [0.717, 1.165) is 19.4 Å². The lowest BCUT2D eigenvalue weighted by Gasteiger charge is -2.19. The van der Waals surface area contributed by atoms with E-state index < -0.39 is 5.41 Å². The highest BCUT2D eigenvalue weighted by Crippen LogP contribution is 2.30. The van der Waals surface area contributed by atoms with Crippen LogP contribution in [0.1, 0.15) is 6.92 Å². The van der Waals surface area contributed by atoms with Crippen molar-refractivity contribution in [2.24, 2.45) is 11.1 Å². The van der Waals surface area contributed by atoms with Gasteiger partial charge in [0.1, 0.15) is 6.29 Å². The summed E-state index contributed by atoms with van der Waals surface area (Å²) in [5, 5.41) is 0. The minimum absolute atomic E-state index is 0.456. The highest BCUT2D eigenvalue weighted by atomic mass is 16.1. The summed E-state index contributed by atoms with van der Waals surface area (Å²) in [4.78, 5) is 13.5. The molecule has 2 aliphatic rings. The Hall–Kier alpha value is -2.13. The first-order chi connectivity index (χ1) is 10.2. The smallest absolute Gasteiger partial charge is 0.133 e. The molecule has 0 radical (unpaired) electrons. The van der Waals surface area contributed by atoms with Gasteiger partial charge in [0.25, 0.3) is 0 Å². The zero-order valence-electron chi connectivity index (χ0n) is 12.6. The van der Waals surface area contributed by atoms with Crippen molar-refractivity contribution in [3.05, 3.63) is 65.8 Å². The molecule has 110 valence electrons. The molecular weight excluding hydrogens is 260 g/mol. The summed E-state index contributed by atoms with van der Waals surface area (Å²) < 4.78 is 0. The van der Waals surface area contributed by atoms with Crippen LogP contribution in [0.3, 0.4) is 0 Å². The number of hydrogen-bond donors (Lipinski definition) is 1. The van der Waals surface area contributed by atoms with E-state index >= 15 is 0 Å². The normalized spacial score (nSPS) is 18.7. The number of para-hydroxylation sites is 1. The first-order valence-corrected chi connectivity index (χ1v) is 7.15. The van der Waals surface area contributed by atoms with Gasteiger partial charge in [-0.25, -0.2) is 0 Å². The van der Waals surface area contributed by atoms with E-state index in [1.807, 2.05) is 25.1 Å². The molecule has 0 saturated heterocycles. The maximum absolute atomic E-state index is 11.1. The lowest BCUT2D eigenvalue weighted by atomic mass is 9.92. The van der Waals surface area contributed by atoms with Gasteiger partial charge in [-0.05, 0) is 37.3 Å². The first-order valence-electron chi connectivity index (χ1n) is 7.15. The Labute approximate surface area is 126 Å². The molecule has 1 aromatic rings. The average Bonchev–Trinajstić information content (AvgIpc) is 2.90. The maximum atomic E-state index is 11.1. The van der Waals surface area contributed by atoms with Gasteiger partial charge in [-0.2, -0.15) is 0 Å². The molecule has 3 heteroatoms. The standard InChI is InChI=1S/C17H17NO.CH5N/c1-17(13-19)9-7-14-11-18(12-15(14)8-10-17)16-5-3-2-4-6-16;1-2/h2-10,13H,11-12H2,1H3;2H2,1H3. The summed E-state index contributed by atoms with van der Waals surface area (Å²) in [6.07, 6.45) is 9.19. The van der Waals surface area contributed by atoms with Gasteiger partial charge in [-0.1, -0.05) is 42.5 Å². The van der Waals surface area contributed by atoms with Crippen molar-refractivity contribution >= 4 is 12.0 Å². The van der Waals surface area contributed by atoms with Crippen LogP contribution in [0, 0.1) is 5.41 Å². The Morgan fingerprint density at radius 3 is 2.05 bits per heavy atom. The van der Waals surface area contributed by atoms with Crippen LogP contribution in [-0.2, 0) is 4.79 Å². The van der Waals surface area contributed by atoms with Crippen molar-refractivity contribution in [1.82, 2.24) is 0 Å². The molecule has 0 aromatic heterocycles. The van der Waals surface area contributed by atoms with E-state index in [2.05, 4.69) is 47.1 Å². The molecule has 2 N–H and O–H groups in total. The number of carbonyl (C=O) groups is 1. The predicted octanol–water partition coefficient (Wildman–Crippen LogP) is 2.71. The Morgan fingerprint density at radius 1 is 1.05 bits per heavy atom. The molecule has 1 aromatic carbocycles. The van der Waals surface area contributed by atoms with E-state index in [4.69, 9.17) is 0 Å². The number of hydrogen-bond acceptors (Lipinski definition) is 3. The molecule has 1 heterocycles. The van der Waals surface area contributed by atoms with Gasteiger partial charge >= 0.3 is 0 Å². The van der Waals surface area contributed by atoms with Crippen molar-refractivity contribution in [2.75, 3.05) is 25.0 Å². The monoisotopic (exact) mass is 282 g/mol. The molecule has 0 atom stereocenters. The van der Waals surface area contributed by atoms with E-state index in [0.29, 0.717) is 0 Å². The average molecular weight is 282 g/mol. The molecule has 1 aliphatic heterocycles. The fraction of sp³-hybridized carbons (Fsp3) is 0.278. The van der Waals surface area contributed by atoms with Crippen molar-refractivity contribution < 1.29 is 4.79 Å². The Morgan fingerprint density at radius 2 is 1.57 bits per heavy atom. The van der Waals surface area contributed by atoms with E-state index in [1.54, 1.807) is 0 Å². The van der Waals surface area contributed by atoms with Crippen LogP contribution in [0.15, 0.2) is 65.8 Å². The lowest BCUT2D eigenvalue weighted by Crippen LogP contribution is -2.20. The molecule has 0 saturated carbocycles. The van der Waals surface area contributed by atoms with Crippen LogP contribution >= 0.6 is 0 Å². The van der Waals surface area contributed by atoms with Gasteiger partial charge in [-0.3, -0.25) is 0 Å². The third kappa shape index (κ3) is 3.31. The summed E-state index contributed by atoms with van der Waals surface area (Å²) in [6, 6.07) is 10.4. The van der Waals surface area contributed by atoms with E-state index in [9.17, 15) is 4.79 Å². The highest BCUT2D eigenvalue weighted by molar-refractivity contribution is 5.68. The second-order valence-corrected chi connectivity index (χ2v) is 5.39. The number of carbonyl (C=O) groups excluding carboxylic acids is 1. The molecule has 0 spiro atoms. The lowest BCUT2D eigenvalue weighted by molar-refractivity contribution is -0.111. The summed E-state index contributed by atoms with van der Waals surface area (Å²) in [5.74, 6) is 0. The number of allylic oxidation sites excluding steroid dienone is 2. The van der Waals surface area contributed by atoms with Gasteiger partial charge in [0.05, 0.1) is 5.41 Å². The fourth-order valence-electron chi connectivity index (χ4n) is 2.51. The van der Waals surface area contributed by atoms with Gasteiger partial charge in [0, 0.05) is 18.8 Å². The second-order valence-electron chi connectivity index (χ2n) is 5.39. The molecular formula is C18H22N2O. The Bertz CT molecular complexity index is 558. The number of nitrogens with two attached hydrogens (primary N) is 1. The van der Waals surface area contributed by atoms with Gasteiger partial charge in [0.2, 0.25) is 0 Å². The maximum Gasteiger partial charge on any atom is 0.133 e. The van der Waals surface area contributed by atoms with Crippen molar-refractivity contribution in [3.63, 3.8) is 0 Å². The Balaban J connectivity index is 0.000000774. The SMILES string of the molecule is CC1(C=O)C=CC2=C(C=C1)CN(c1ccccc1)C2.CN. The molecule has 0 fully saturated rings. The largest absolute Gasteiger partial charge is 0.363 e. The number of aldehydes is 1. The number of benzene rings is 1. The molecule has 0 amide bonds. The van der Waals surface area contributed by atoms with Gasteiger partial charge in [-0.15, -0.1) is 0 Å². The second kappa shape index (κ2) is 6.55. The van der Waals surface area contributed by atoms with Crippen LogP contribution in [-0.4, -0.2) is 26.4 Å². The molecule has 1 aliphatic carbocycles. The van der Waals surface area contributed by atoms with E-state index in [1.165, 1.54) is 23.9 Å². The minimum Gasteiger partial charge on any atom is -0.363 e. The van der Waals surface area contributed by atoms with Crippen LogP contribution < -0.4 is 10.6 Å². The molecule has 3 nitrogen and oxygen atoms in total. The number of anilines is 1. The summed E-state index contributed by atoms with van der Waals surface area (Å²) in [5.41, 5.74) is 7.91. The molecule has 0 bridgehead atoms. The molecule has 3 rings (SSSR count). The van der Waals surface area contributed by atoms with Crippen molar-refractivity contribution in [3.8, 4) is 0 Å².